The Hall–Kier alpha value is -0.248. The Morgan fingerprint density at radius 1 is 0.769 bits per heavy atom. The minimum atomic E-state index is 0. The first-order valence-corrected chi connectivity index (χ1v) is 4.71. The third-order valence-electron chi connectivity index (χ3n) is 2.24. The molecule has 0 radical (unpaired) electrons. The Bertz CT molecular complexity index is 224. The maximum Gasteiger partial charge on any atom is 0 e. The summed E-state index contributed by atoms with van der Waals surface area (Å²) in [6.45, 7) is 9.00. The van der Waals surface area contributed by atoms with Gasteiger partial charge in [-0.15, -0.1) is 0 Å². The van der Waals surface area contributed by atoms with Crippen molar-refractivity contribution < 1.29 is 17.4 Å². The van der Waals surface area contributed by atoms with Gasteiger partial charge in [0.2, 0.25) is 0 Å². The van der Waals surface area contributed by atoms with Gasteiger partial charge in [-0.2, -0.15) is 0 Å². The first kappa shape index (κ1) is 12.8. The van der Waals surface area contributed by atoms with Crippen molar-refractivity contribution in [2.75, 3.05) is 0 Å². The minimum Gasteiger partial charge on any atom is -0.0620 e. The van der Waals surface area contributed by atoms with Gasteiger partial charge in [-0.1, -0.05) is 52.0 Å². The van der Waals surface area contributed by atoms with Gasteiger partial charge in [0.25, 0.3) is 0 Å². The number of hydrogen-bond acceptors (Lipinski definition) is 0. The Morgan fingerprint density at radius 3 is 1.31 bits per heavy atom. The van der Waals surface area contributed by atoms with Crippen LogP contribution < -0.4 is 0 Å². The second kappa shape index (κ2) is 5.48. The van der Waals surface area contributed by atoms with Gasteiger partial charge in [-0.25, -0.2) is 0 Å². The van der Waals surface area contributed by atoms with Crippen molar-refractivity contribution in [1.82, 2.24) is 0 Å². The van der Waals surface area contributed by atoms with Crippen LogP contribution in [0.5, 0.6) is 0 Å². The van der Waals surface area contributed by atoms with Gasteiger partial charge in [-0.3, -0.25) is 0 Å². The van der Waals surface area contributed by atoms with E-state index < -0.39 is 0 Å². The SMILES string of the molecule is CC(C)c1ccccc1C(C)C.[Cr]. The number of rotatable bonds is 2. The summed E-state index contributed by atoms with van der Waals surface area (Å²) in [6, 6.07) is 8.72. The van der Waals surface area contributed by atoms with Crippen molar-refractivity contribution in [3.05, 3.63) is 35.4 Å². The monoisotopic (exact) mass is 214 g/mol. The fourth-order valence-corrected chi connectivity index (χ4v) is 1.56. The summed E-state index contributed by atoms with van der Waals surface area (Å²) in [5.74, 6) is 1.28. The number of hydrogen-bond donors (Lipinski definition) is 0. The zero-order valence-electron chi connectivity index (χ0n) is 8.87. The standard InChI is InChI=1S/C12H18.Cr/c1-9(2)11-7-5-6-8-12(11)10(3)4;/h5-10H,1-4H3;. The van der Waals surface area contributed by atoms with Gasteiger partial charge >= 0.3 is 0 Å². The molecule has 0 atom stereocenters. The predicted molar refractivity (Wildman–Crippen MR) is 54.6 cm³/mol. The molecule has 0 fully saturated rings. The molecule has 0 spiro atoms. The maximum absolute atomic E-state index is 2.25. The summed E-state index contributed by atoms with van der Waals surface area (Å²) in [5.41, 5.74) is 2.99. The molecule has 72 valence electrons. The molecular weight excluding hydrogens is 196 g/mol. The van der Waals surface area contributed by atoms with Gasteiger partial charge in [0, 0.05) is 17.4 Å². The molecule has 1 aromatic rings. The molecule has 0 aliphatic heterocycles. The molecule has 13 heavy (non-hydrogen) atoms. The van der Waals surface area contributed by atoms with Crippen LogP contribution >= 0.6 is 0 Å². The van der Waals surface area contributed by atoms with Crippen LogP contribution in [-0.2, 0) is 17.4 Å². The molecule has 0 nitrogen and oxygen atoms in total. The summed E-state index contributed by atoms with van der Waals surface area (Å²) in [6.07, 6.45) is 0. The van der Waals surface area contributed by atoms with Crippen LogP contribution in [-0.4, -0.2) is 0 Å². The van der Waals surface area contributed by atoms with E-state index in [1.54, 1.807) is 0 Å². The van der Waals surface area contributed by atoms with Crippen LogP contribution in [0.3, 0.4) is 0 Å². The second-order valence-electron chi connectivity index (χ2n) is 3.94. The summed E-state index contributed by atoms with van der Waals surface area (Å²) < 4.78 is 0. The average Bonchev–Trinajstić information content (AvgIpc) is 2.04. The molecule has 0 unspecified atom stereocenters. The summed E-state index contributed by atoms with van der Waals surface area (Å²) >= 11 is 0. The Kier molecular flexibility index (Phi) is 5.37. The minimum absolute atomic E-state index is 0. The zero-order valence-corrected chi connectivity index (χ0v) is 10.1. The van der Waals surface area contributed by atoms with Crippen LogP contribution in [0.4, 0.5) is 0 Å². The first-order valence-electron chi connectivity index (χ1n) is 4.71. The second-order valence-corrected chi connectivity index (χ2v) is 3.94. The van der Waals surface area contributed by atoms with Crippen molar-refractivity contribution in [3.63, 3.8) is 0 Å². The van der Waals surface area contributed by atoms with Crippen molar-refractivity contribution in [2.24, 2.45) is 0 Å². The molecular formula is C12H18Cr. The average molecular weight is 214 g/mol. The van der Waals surface area contributed by atoms with Crippen LogP contribution in [0, 0.1) is 0 Å². The molecule has 0 saturated carbocycles. The molecule has 0 aliphatic rings. The molecule has 0 aliphatic carbocycles. The van der Waals surface area contributed by atoms with E-state index in [1.807, 2.05) is 0 Å². The van der Waals surface area contributed by atoms with Crippen molar-refractivity contribution >= 4 is 0 Å². The first-order chi connectivity index (χ1) is 5.63. The third-order valence-corrected chi connectivity index (χ3v) is 2.24. The third kappa shape index (κ3) is 3.18. The van der Waals surface area contributed by atoms with E-state index in [4.69, 9.17) is 0 Å². The van der Waals surface area contributed by atoms with Crippen LogP contribution in [0.15, 0.2) is 24.3 Å². The molecule has 0 heterocycles. The van der Waals surface area contributed by atoms with Crippen LogP contribution in [0.1, 0.15) is 50.7 Å². The Balaban J connectivity index is 0.00000144. The van der Waals surface area contributed by atoms with E-state index >= 15 is 0 Å². The van der Waals surface area contributed by atoms with E-state index in [0.29, 0.717) is 11.8 Å². The van der Waals surface area contributed by atoms with E-state index in [-0.39, 0.29) is 17.4 Å². The van der Waals surface area contributed by atoms with Crippen LogP contribution in [0.2, 0.25) is 0 Å². The quantitative estimate of drug-likeness (QED) is 0.699. The normalized spacial score (nSPS) is 10.3. The van der Waals surface area contributed by atoms with Crippen LogP contribution in [0.25, 0.3) is 0 Å². The topological polar surface area (TPSA) is 0 Å². The van der Waals surface area contributed by atoms with Gasteiger partial charge in [-0.05, 0) is 23.0 Å². The Morgan fingerprint density at radius 2 is 1.08 bits per heavy atom. The fraction of sp³-hybridized carbons (Fsp3) is 0.500. The van der Waals surface area contributed by atoms with Gasteiger partial charge in [0.1, 0.15) is 0 Å². The molecule has 1 aromatic carbocycles. The molecule has 1 heteroatoms. The molecule has 0 saturated heterocycles. The van der Waals surface area contributed by atoms with E-state index in [2.05, 4.69) is 52.0 Å². The predicted octanol–water partition coefficient (Wildman–Crippen LogP) is 3.93. The number of benzene rings is 1. The van der Waals surface area contributed by atoms with E-state index in [1.165, 1.54) is 11.1 Å². The summed E-state index contributed by atoms with van der Waals surface area (Å²) in [7, 11) is 0. The van der Waals surface area contributed by atoms with Crippen molar-refractivity contribution in [1.29, 1.82) is 0 Å². The fourth-order valence-electron chi connectivity index (χ4n) is 1.56. The molecule has 0 aromatic heterocycles. The summed E-state index contributed by atoms with van der Waals surface area (Å²) in [4.78, 5) is 0. The molecule has 0 bridgehead atoms. The van der Waals surface area contributed by atoms with E-state index in [9.17, 15) is 0 Å². The van der Waals surface area contributed by atoms with Gasteiger partial charge < -0.3 is 0 Å². The zero-order chi connectivity index (χ0) is 9.14. The molecule has 1 rings (SSSR count). The molecule has 0 N–H and O–H groups in total. The largest absolute Gasteiger partial charge is 0.0620 e. The molecule has 0 amide bonds. The van der Waals surface area contributed by atoms with Crippen molar-refractivity contribution in [3.8, 4) is 0 Å². The van der Waals surface area contributed by atoms with E-state index in [0.717, 1.165) is 0 Å². The summed E-state index contributed by atoms with van der Waals surface area (Å²) in [5, 5.41) is 0. The van der Waals surface area contributed by atoms with Gasteiger partial charge in [0.05, 0.1) is 0 Å². The van der Waals surface area contributed by atoms with Gasteiger partial charge in [0.15, 0.2) is 0 Å². The van der Waals surface area contributed by atoms with Crippen molar-refractivity contribution in [2.45, 2.75) is 39.5 Å². The maximum atomic E-state index is 2.25. The smallest absolute Gasteiger partial charge is 0 e. The Labute approximate surface area is 92.5 Å².